The average Bonchev–Trinajstić information content (AvgIpc) is 3.02. The molecule has 2 heterocycles. The van der Waals surface area contributed by atoms with Gasteiger partial charge < -0.3 is 20.5 Å². The summed E-state index contributed by atoms with van der Waals surface area (Å²) < 4.78 is 5.12. The number of halogens is 1. The predicted molar refractivity (Wildman–Crippen MR) is 113 cm³/mol. The van der Waals surface area contributed by atoms with Crippen LogP contribution in [0.5, 0.6) is 0 Å². The fourth-order valence-corrected chi connectivity index (χ4v) is 3.39. The van der Waals surface area contributed by atoms with Crippen LogP contribution in [0.1, 0.15) is 51.0 Å². The molecule has 3 N–H and O–H groups in total. The SMILES string of the molecule is CN=C(Cl)/C(CN1CCCCC(NCCC(C)C)C1=O)=C(\N)c1cc(C)on1. The third-order valence-electron chi connectivity index (χ3n) is 4.92. The van der Waals surface area contributed by atoms with E-state index in [0.29, 0.717) is 41.7 Å². The number of carbonyl (C=O) groups excluding carboxylic acids is 1. The van der Waals surface area contributed by atoms with Crippen molar-refractivity contribution in [1.29, 1.82) is 0 Å². The van der Waals surface area contributed by atoms with Gasteiger partial charge in [0, 0.05) is 25.2 Å². The molecule has 1 aliphatic heterocycles. The zero-order valence-electron chi connectivity index (χ0n) is 17.3. The predicted octanol–water partition coefficient (Wildman–Crippen LogP) is 2.94. The van der Waals surface area contributed by atoms with Crippen molar-refractivity contribution < 1.29 is 9.32 Å². The second-order valence-corrected chi connectivity index (χ2v) is 8.03. The number of hydrogen-bond donors (Lipinski definition) is 2. The Bertz CT molecular complexity index is 726. The largest absolute Gasteiger partial charge is 0.397 e. The standard InChI is InChI=1S/C20H32ClN5O2/c1-13(2)8-9-24-16-7-5-6-10-26(20(16)27)12-15(19(21)23-4)18(22)17-11-14(3)28-25-17/h11,13,16,24H,5-10,12,22H2,1-4H3/b18-15-,23-19?. The van der Waals surface area contributed by atoms with Crippen LogP contribution in [-0.4, -0.2) is 53.9 Å². The van der Waals surface area contributed by atoms with Crippen molar-refractivity contribution in [2.75, 3.05) is 26.7 Å². The van der Waals surface area contributed by atoms with Gasteiger partial charge in [-0.3, -0.25) is 9.79 Å². The van der Waals surface area contributed by atoms with E-state index >= 15 is 0 Å². The Hall–Kier alpha value is -1.86. The molecule has 8 heteroatoms. The number of rotatable bonds is 8. The van der Waals surface area contributed by atoms with E-state index in [-0.39, 0.29) is 17.1 Å². The van der Waals surface area contributed by atoms with Crippen molar-refractivity contribution in [3.63, 3.8) is 0 Å². The maximum Gasteiger partial charge on any atom is 0.240 e. The van der Waals surface area contributed by atoms with Gasteiger partial charge in [-0.15, -0.1) is 0 Å². The van der Waals surface area contributed by atoms with Crippen LogP contribution in [0.3, 0.4) is 0 Å². The lowest BCUT2D eigenvalue weighted by molar-refractivity contribution is -0.132. The van der Waals surface area contributed by atoms with E-state index < -0.39 is 0 Å². The van der Waals surface area contributed by atoms with Gasteiger partial charge in [0.2, 0.25) is 5.91 Å². The molecule has 7 nitrogen and oxygen atoms in total. The number of nitrogens with two attached hydrogens (primary N) is 1. The molecule has 156 valence electrons. The summed E-state index contributed by atoms with van der Waals surface area (Å²) in [4.78, 5) is 19.0. The van der Waals surface area contributed by atoms with E-state index in [9.17, 15) is 4.79 Å². The zero-order chi connectivity index (χ0) is 20.7. The fourth-order valence-electron chi connectivity index (χ4n) is 3.23. The summed E-state index contributed by atoms with van der Waals surface area (Å²) in [5.74, 6) is 1.34. The van der Waals surface area contributed by atoms with Crippen molar-refractivity contribution in [3.8, 4) is 0 Å². The Kier molecular flexibility index (Phi) is 8.51. The number of likely N-dealkylation sites (tertiary alicyclic amines) is 1. The molecule has 1 saturated heterocycles. The molecule has 1 aliphatic rings. The number of amides is 1. The Morgan fingerprint density at radius 2 is 2.25 bits per heavy atom. The highest BCUT2D eigenvalue weighted by atomic mass is 35.5. The van der Waals surface area contributed by atoms with Crippen LogP contribution >= 0.6 is 11.6 Å². The zero-order valence-corrected chi connectivity index (χ0v) is 18.1. The number of carbonyl (C=O) groups is 1. The smallest absolute Gasteiger partial charge is 0.240 e. The second-order valence-electron chi connectivity index (χ2n) is 7.67. The molecule has 1 amide bonds. The first-order chi connectivity index (χ1) is 13.3. The third kappa shape index (κ3) is 6.07. The Morgan fingerprint density at radius 3 is 2.86 bits per heavy atom. The van der Waals surface area contributed by atoms with Gasteiger partial charge in [-0.1, -0.05) is 30.6 Å². The number of aryl methyl sites for hydroxylation is 1. The van der Waals surface area contributed by atoms with E-state index in [0.717, 1.165) is 32.2 Å². The van der Waals surface area contributed by atoms with Crippen molar-refractivity contribution in [3.05, 3.63) is 23.1 Å². The van der Waals surface area contributed by atoms with E-state index in [1.165, 1.54) is 0 Å². The molecule has 0 spiro atoms. The molecule has 0 radical (unpaired) electrons. The van der Waals surface area contributed by atoms with Crippen LogP contribution in [0.25, 0.3) is 5.70 Å². The first-order valence-electron chi connectivity index (χ1n) is 9.90. The van der Waals surface area contributed by atoms with Crippen molar-refractivity contribution >= 4 is 28.4 Å². The monoisotopic (exact) mass is 409 g/mol. The maximum absolute atomic E-state index is 13.1. The highest BCUT2D eigenvalue weighted by molar-refractivity contribution is 6.70. The van der Waals surface area contributed by atoms with Crippen LogP contribution in [0.4, 0.5) is 0 Å². The molecular formula is C20H32ClN5O2. The summed E-state index contributed by atoms with van der Waals surface area (Å²) in [6.45, 7) is 7.96. The maximum atomic E-state index is 13.1. The topological polar surface area (TPSA) is 96.8 Å². The van der Waals surface area contributed by atoms with Crippen molar-refractivity contribution in [1.82, 2.24) is 15.4 Å². The van der Waals surface area contributed by atoms with E-state index in [2.05, 4.69) is 29.3 Å². The summed E-state index contributed by atoms with van der Waals surface area (Å²) >= 11 is 6.35. The molecule has 1 fully saturated rings. The van der Waals surface area contributed by atoms with Crippen molar-refractivity contribution in [2.24, 2.45) is 16.6 Å². The van der Waals surface area contributed by atoms with Gasteiger partial charge in [0.15, 0.2) is 0 Å². The van der Waals surface area contributed by atoms with Crippen LogP contribution < -0.4 is 11.1 Å². The van der Waals surface area contributed by atoms with Crippen LogP contribution in [-0.2, 0) is 4.79 Å². The summed E-state index contributed by atoms with van der Waals surface area (Å²) in [7, 11) is 1.60. The quantitative estimate of drug-likeness (QED) is 0.643. The molecule has 1 atom stereocenters. The van der Waals surface area contributed by atoms with Gasteiger partial charge in [-0.25, -0.2) is 0 Å². The lowest BCUT2D eigenvalue weighted by Crippen LogP contribution is -2.46. The van der Waals surface area contributed by atoms with E-state index in [1.807, 2.05) is 4.90 Å². The fraction of sp³-hybridized carbons (Fsp3) is 0.650. The third-order valence-corrected chi connectivity index (χ3v) is 5.31. The second kappa shape index (κ2) is 10.6. The molecule has 0 aliphatic carbocycles. The van der Waals surface area contributed by atoms with Crippen LogP contribution in [0, 0.1) is 12.8 Å². The number of aromatic nitrogens is 1. The number of aliphatic imine (C=N–C) groups is 1. The lowest BCUT2D eigenvalue weighted by Gasteiger charge is -2.26. The molecule has 28 heavy (non-hydrogen) atoms. The Labute approximate surface area is 172 Å². The molecule has 0 aromatic carbocycles. The molecule has 0 bridgehead atoms. The van der Waals surface area contributed by atoms with Gasteiger partial charge in [0.05, 0.1) is 18.3 Å². The molecule has 1 aromatic rings. The number of hydrogen-bond acceptors (Lipinski definition) is 6. The Balaban J connectivity index is 2.21. The molecule has 1 unspecified atom stereocenters. The molecule has 1 aromatic heterocycles. The van der Waals surface area contributed by atoms with Gasteiger partial charge in [-0.2, -0.15) is 0 Å². The highest BCUT2D eigenvalue weighted by Gasteiger charge is 2.28. The summed E-state index contributed by atoms with van der Waals surface area (Å²) in [5.41, 5.74) is 7.79. The summed E-state index contributed by atoms with van der Waals surface area (Å²) in [6.07, 6.45) is 3.85. The molecular weight excluding hydrogens is 378 g/mol. The van der Waals surface area contributed by atoms with Gasteiger partial charge in [0.25, 0.3) is 0 Å². The van der Waals surface area contributed by atoms with Crippen molar-refractivity contribution in [2.45, 2.75) is 52.5 Å². The lowest BCUT2D eigenvalue weighted by atomic mass is 10.1. The van der Waals surface area contributed by atoms with Gasteiger partial charge >= 0.3 is 0 Å². The summed E-state index contributed by atoms with van der Waals surface area (Å²) in [6, 6.07) is 1.57. The summed E-state index contributed by atoms with van der Waals surface area (Å²) in [5, 5.41) is 7.67. The first-order valence-corrected chi connectivity index (χ1v) is 10.3. The molecule has 2 rings (SSSR count). The average molecular weight is 410 g/mol. The Morgan fingerprint density at radius 1 is 1.50 bits per heavy atom. The first kappa shape index (κ1) is 22.4. The minimum atomic E-state index is -0.171. The highest BCUT2D eigenvalue weighted by Crippen LogP contribution is 2.20. The van der Waals surface area contributed by atoms with E-state index in [4.69, 9.17) is 21.9 Å². The number of nitrogens with zero attached hydrogens (tertiary/aromatic N) is 3. The molecule has 0 saturated carbocycles. The minimum Gasteiger partial charge on any atom is -0.397 e. The van der Waals surface area contributed by atoms with E-state index in [1.54, 1.807) is 20.0 Å². The van der Waals surface area contributed by atoms with Gasteiger partial charge in [0.1, 0.15) is 16.6 Å². The number of nitrogens with one attached hydrogen (secondary N) is 1. The van der Waals surface area contributed by atoms with Crippen LogP contribution in [0.2, 0.25) is 0 Å². The van der Waals surface area contributed by atoms with Crippen LogP contribution in [0.15, 0.2) is 21.2 Å². The minimum absolute atomic E-state index is 0.0865. The van der Waals surface area contributed by atoms with Gasteiger partial charge in [-0.05, 0) is 45.1 Å². The normalized spacial score (nSPS) is 19.8.